The number of carbonyl (C=O) groups excluding carboxylic acids is 1. The van der Waals surface area contributed by atoms with E-state index in [4.69, 9.17) is 4.74 Å². The van der Waals surface area contributed by atoms with Gasteiger partial charge in [0.25, 0.3) is 0 Å². The Bertz CT molecular complexity index is 1130. The fourth-order valence-corrected chi connectivity index (χ4v) is 3.26. The van der Waals surface area contributed by atoms with Gasteiger partial charge in [-0.2, -0.15) is 5.10 Å². The maximum atomic E-state index is 11.9. The van der Waals surface area contributed by atoms with E-state index in [0.717, 1.165) is 33.5 Å². The molecule has 0 saturated carbocycles. The SMILES string of the molecule is CC(=O)NC(c1cccc(COCc2ncnn2C)c1)c1ccc2[nH]cnc2c1. The smallest absolute Gasteiger partial charge is 0.217 e. The first kappa shape index (κ1) is 18.8. The van der Waals surface area contributed by atoms with Gasteiger partial charge >= 0.3 is 0 Å². The van der Waals surface area contributed by atoms with Crippen molar-refractivity contribution >= 4 is 16.9 Å². The molecule has 0 saturated heterocycles. The van der Waals surface area contributed by atoms with E-state index in [0.29, 0.717) is 13.2 Å². The van der Waals surface area contributed by atoms with E-state index in [1.807, 2.05) is 49.5 Å². The van der Waals surface area contributed by atoms with Crippen LogP contribution in [-0.4, -0.2) is 30.6 Å². The number of amides is 1. The molecular formula is C21H22N6O2. The number of H-pyrrole nitrogens is 1. The van der Waals surface area contributed by atoms with E-state index in [9.17, 15) is 4.79 Å². The average Bonchev–Trinajstić information content (AvgIpc) is 3.34. The largest absolute Gasteiger partial charge is 0.369 e. The van der Waals surface area contributed by atoms with Gasteiger partial charge in [-0.3, -0.25) is 9.48 Å². The van der Waals surface area contributed by atoms with E-state index in [-0.39, 0.29) is 11.9 Å². The highest BCUT2D eigenvalue weighted by atomic mass is 16.5. The number of imidazole rings is 1. The van der Waals surface area contributed by atoms with Gasteiger partial charge in [0.1, 0.15) is 12.9 Å². The highest BCUT2D eigenvalue weighted by molar-refractivity contribution is 5.77. The third kappa shape index (κ3) is 4.33. The average molecular weight is 390 g/mol. The predicted molar refractivity (Wildman–Crippen MR) is 108 cm³/mol. The van der Waals surface area contributed by atoms with Crippen molar-refractivity contribution in [1.82, 2.24) is 30.0 Å². The first-order chi connectivity index (χ1) is 14.1. The monoisotopic (exact) mass is 390 g/mol. The van der Waals surface area contributed by atoms with Gasteiger partial charge in [0.15, 0.2) is 5.82 Å². The molecule has 0 aliphatic heterocycles. The Hall–Kier alpha value is -3.52. The van der Waals surface area contributed by atoms with Gasteiger partial charge in [-0.25, -0.2) is 9.97 Å². The number of rotatable bonds is 7. The van der Waals surface area contributed by atoms with Crippen LogP contribution in [0.5, 0.6) is 0 Å². The second-order valence-electron chi connectivity index (χ2n) is 6.85. The minimum absolute atomic E-state index is 0.0962. The number of aryl methyl sites for hydroxylation is 1. The van der Waals surface area contributed by atoms with Gasteiger partial charge in [0.05, 0.1) is 30.0 Å². The second-order valence-corrected chi connectivity index (χ2v) is 6.85. The topological polar surface area (TPSA) is 97.7 Å². The Morgan fingerprint density at radius 3 is 2.83 bits per heavy atom. The molecule has 0 aliphatic carbocycles. The minimum atomic E-state index is -0.271. The van der Waals surface area contributed by atoms with Crippen LogP contribution < -0.4 is 5.32 Å². The Labute approximate surface area is 167 Å². The molecule has 4 rings (SSSR count). The number of benzene rings is 2. The van der Waals surface area contributed by atoms with Crippen LogP contribution in [0, 0.1) is 0 Å². The summed E-state index contributed by atoms with van der Waals surface area (Å²) in [5.74, 6) is 0.672. The number of carbonyl (C=O) groups is 1. The first-order valence-electron chi connectivity index (χ1n) is 9.30. The summed E-state index contributed by atoms with van der Waals surface area (Å²) in [6.45, 7) is 2.34. The van der Waals surface area contributed by atoms with Crippen LogP contribution in [0.2, 0.25) is 0 Å². The molecule has 2 heterocycles. The van der Waals surface area contributed by atoms with Gasteiger partial charge < -0.3 is 15.0 Å². The summed E-state index contributed by atoms with van der Waals surface area (Å²) in [6.07, 6.45) is 3.17. The lowest BCUT2D eigenvalue weighted by Gasteiger charge is -2.20. The fraction of sp³-hybridized carbons (Fsp3) is 0.238. The first-order valence-corrected chi connectivity index (χ1v) is 9.30. The molecule has 2 N–H and O–H groups in total. The van der Waals surface area contributed by atoms with Crippen LogP contribution in [-0.2, 0) is 29.8 Å². The molecule has 1 unspecified atom stereocenters. The number of fused-ring (bicyclic) bond motifs is 1. The Morgan fingerprint density at radius 2 is 2.03 bits per heavy atom. The molecule has 0 aliphatic rings. The number of hydrogen-bond donors (Lipinski definition) is 2. The number of nitrogens with zero attached hydrogens (tertiary/aromatic N) is 4. The van der Waals surface area contributed by atoms with Crippen LogP contribution in [0.3, 0.4) is 0 Å². The van der Waals surface area contributed by atoms with Gasteiger partial charge in [0, 0.05) is 14.0 Å². The van der Waals surface area contributed by atoms with Crippen LogP contribution in [0.1, 0.15) is 35.5 Å². The predicted octanol–water partition coefficient (Wildman–Crippen LogP) is 2.63. The summed E-state index contributed by atoms with van der Waals surface area (Å²) in [6, 6.07) is 13.7. The molecule has 0 fully saturated rings. The highest BCUT2D eigenvalue weighted by Gasteiger charge is 2.17. The number of aromatic nitrogens is 5. The van der Waals surface area contributed by atoms with Crippen molar-refractivity contribution in [3.8, 4) is 0 Å². The third-order valence-corrected chi connectivity index (χ3v) is 4.72. The normalized spacial score (nSPS) is 12.2. The number of nitrogens with one attached hydrogen (secondary N) is 2. The Kier molecular flexibility index (Phi) is 5.35. The van der Waals surface area contributed by atoms with Crippen LogP contribution in [0.4, 0.5) is 0 Å². The van der Waals surface area contributed by atoms with E-state index in [2.05, 4.69) is 25.4 Å². The molecule has 0 radical (unpaired) electrons. The standard InChI is InChI=1S/C21H22N6O2/c1-14(28)26-21(17-6-7-18-19(9-17)23-12-22-18)16-5-3-4-15(8-16)10-29-11-20-24-13-25-27(20)2/h3-9,12-13,21H,10-11H2,1-2H3,(H,22,23)(H,26,28). The van der Waals surface area contributed by atoms with Crippen molar-refractivity contribution in [2.75, 3.05) is 0 Å². The van der Waals surface area contributed by atoms with E-state index >= 15 is 0 Å². The van der Waals surface area contributed by atoms with Crippen molar-refractivity contribution < 1.29 is 9.53 Å². The molecule has 2 aromatic carbocycles. The van der Waals surface area contributed by atoms with E-state index in [1.165, 1.54) is 13.3 Å². The summed E-state index contributed by atoms with van der Waals surface area (Å²) >= 11 is 0. The lowest BCUT2D eigenvalue weighted by atomic mass is 9.96. The maximum absolute atomic E-state index is 11.9. The molecule has 2 aromatic heterocycles. The molecule has 0 spiro atoms. The maximum Gasteiger partial charge on any atom is 0.217 e. The summed E-state index contributed by atoms with van der Waals surface area (Å²) in [5.41, 5.74) is 4.79. The van der Waals surface area contributed by atoms with Crippen LogP contribution in [0.25, 0.3) is 11.0 Å². The highest BCUT2D eigenvalue weighted by Crippen LogP contribution is 2.25. The van der Waals surface area contributed by atoms with Crippen molar-refractivity contribution in [2.24, 2.45) is 7.05 Å². The summed E-state index contributed by atoms with van der Waals surface area (Å²) in [5, 5.41) is 7.08. The second kappa shape index (κ2) is 8.24. The zero-order valence-corrected chi connectivity index (χ0v) is 16.3. The van der Waals surface area contributed by atoms with Crippen LogP contribution >= 0.6 is 0 Å². The quantitative estimate of drug-likeness (QED) is 0.506. The van der Waals surface area contributed by atoms with Crippen molar-refractivity contribution in [1.29, 1.82) is 0 Å². The number of aromatic amines is 1. The molecule has 8 nitrogen and oxygen atoms in total. The summed E-state index contributed by atoms with van der Waals surface area (Å²) in [4.78, 5) is 23.4. The van der Waals surface area contributed by atoms with Crippen molar-refractivity contribution in [3.05, 3.63) is 77.6 Å². The molecule has 29 heavy (non-hydrogen) atoms. The molecule has 1 amide bonds. The lowest BCUT2D eigenvalue weighted by Crippen LogP contribution is -2.27. The van der Waals surface area contributed by atoms with Gasteiger partial charge in [-0.1, -0.05) is 30.3 Å². The third-order valence-electron chi connectivity index (χ3n) is 4.72. The summed E-state index contributed by atoms with van der Waals surface area (Å²) in [7, 11) is 1.83. The fourth-order valence-electron chi connectivity index (χ4n) is 3.26. The molecule has 0 bridgehead atoms. The van der Waals surface area contributed by atoms with Gasteiger partial charge in [-0.05, 0) is 28.8 Å². The van der Waals surface area contributed by atoms with Crippen LogP contribution in [0.15, 0.2) is 55.1 Å². The van der Waals surface area contributed by atoms with Gasteiger partial charge in [-0.15, -0.1) is 0 Å². The molecule has 4 aromatic rings. The molecule has 8 heteroatoms. The Balaban J connectivity index is 1.55. The van der Waals surface area contributed by atoms with E-state index in [1.54, 1.807) is 11.0 Å². The zero-order chi connectivity index (χ0) is 20.2. The summed E-state index contributed by atoms with van der Waals surface area (Å²) < 4.78 is 7.48. The molecular weight excluding hydrogens is 368 g/mol. The number of hydrogen-bond acceptors (Lipinski definition) is 5. The lowest BCUT2D eigenvalue weighted by molar-refractivity contribution is -0.119. The molecule has 1 atom stereocenters. The minimum Gasteiger partial charge on any atom is -0.369 e. The van der Waals surface area contributed by atoms with Gasteiger partial charge in [0.2, 0.25) is 5.91 Å². The van der Waals surface area contributed by atoms with E-state index < -0.39 is 0 Å². The van der Waals surface area contributed by atoms with Crippen molar-refractivity contribution in [3.63, 3.8) is 0 Å². The zero-order valence-electron chi connectivity index (χ0n) is 16.3. The Morgan fingerprint density at radius 1 is 1.17 bits per heavy atom. The molecule has 148 valence electrons. The van der Waals surface area contributed by atoms with Crippen molar-refractivity contribution in [2.45, 2.75) is 26.2 Å². The number of ether oxygens (including phenoxy) is 1.